The Morgan fingerprint density at radius 1 is 1.30 bits per heavy atom. The van der Waals surface area contributed by atoms with E-state index in [1.807, 2.05) is 0 Å². The Morgan fingerprint density at radius 3 is 2.40 bits per heavy atom. The van der Waals surface area contributed by atoms with E-state index in [1.165, 1.54) is 12.2 Å². The van der Waals surface area contributed by atoms with Crippen LogP contribution >= 0.6 is 0 Å². The van der Waals surface area contributed by atoms with Gasteiger partial charge in [0.05, 0.1) is 10.8 Å². The van der Waals surface area contributed by atoms with Crippen LogP contribution in [0.15, 0.2) is 53.5 Å². The van der Waals surface area contributed by atoms with Gasteiger partial charge in [0.1, 0.15) is 0 Å². The molecule has 1 aliphatic rings. The Hall–Kier alpha value is -1.95. The van der Waals surface area contributed by atoms with Gasteiger partial charge in [0.15, 0.2) is 9.84 Å². The molecular formula is C14H13FO4S. The monoisotopic (exact) mass is 296 g/mol. The van der Waals surface area contributed by atoms with Crippen molar-refractivity contribution >= 4 is 15.8 Å². The summed E-state index contributed by atoms with van der Waals surface area (Å²) in [6.07, 6.45) is 4.10. The van der Waals surface area contributed by atoms with Gasteiger partial charge in [-0.1, -0.05) is 36.4 Å². The molecule has 0 bridgehead atoms. The third kappa shape index (κ3) is 2.51. The highest BCUT2D eigenvalue weighted by Gasteiger charge is 2.47. The summed E-state index contributed by atoms with van der Waals surface area (Å²) < 4.78 is 37.8. The van der Waals surface area contributed by atoms with Crippen molar-refractivity contribution in [3.05, 3.63) is 59.0 Å². The highest BCUT2D eigenvalue weighted by atomic mass is 32.2. The van der Waals surface area contributed by atoms with E-state index in [1.54, 1.807) is 30.3 Å². The maximum atomic E-state index is 14.8. The summed E-state index contributed by atoms with van der Waals surface area (Å²) in [5, 5.41) is 9.16. The number of alkyl halides is 1. The SMILES string of the molecule is CS(=O)(=O)C1=CC(F)(C(=O)O)C(c2ccccc2)C=C1. The van der Waals surface area contributed by atoms with E-state index in [9.17, 15) is 17.6 Å². The highest BCUT2D eigenvalue weighted by Crippen LogP contribution is 2.39. The molecule has 1 aromatic carbocycles. The number of carbonyl (C=O) groups is 1. The summed E-state index contributed by atoms with van der Waals surface area (Å²) in [4.78, 5) is 11.0. The van der Waals surface area contributed by atoms with Crippen LogP contribution < -0.4 is 0 Å². The minimum absolute atomic E-state index is 0.324. The van der Waals surface area contributed by atoms with Gasteiger partial charge in [-0.3, -0.25) is 0 Å². The van der Waals surface area contributed by atoms with E-state index in [0.29, 0.717) is 11.6 Å². The van der Waals surface area contributed by atoms with Crippen molar-refractivity contribution in [3.8, 4) is 0 Å². The number of allylic oxidation sites excluding steroid dienone is 2. The normalized spacial score (nSPS) is 26.1. The second-order valence-electron chi connectivity index (χ2n) is 4.64. The zero-order valence-electron chi connectivity index (χ0n) is 10.7. The number of carboxylic acids is 1. The second-order valence-corrected chi connectivity index (χ2v) is 6.66. The Balaban J connectivity index is 2.56. The maximum Gasteiger partial charge on any atom is 0.346 e. The lowest BCUT2D eigenvalue weighted by atomic mass is 9.80. The van der Waals surface area contributed by atoms with Crippen LogP contribution in [-0.2, 0) is 14.6 Å². The molecule has 4 nitrogen and oxygen atoms in total. The number of rotatable bonds is 3. The van der Waals surface area contributed by atoms with Crippen molar-refractivity contribution in [2.45, 2.75) is 11.6 Å². The van der Waals surface area contributed by atoms with E-state index in [4.69, 9.17) is 5.11 Å². The minimum Gasteiger partial charge on any atom is -0.479 e. The molecule has 0 radical (unpaired) electrons. The van der Waals surface area contributed by atoms with Crippen molar-refractivity contribution in [3.63, 3.8) is 0 Å². The molecule has 0 fully saturated rings. The van der Waals surface area contributed by atoms with Crippen LogP contribution in [0.1, 0.15) is 11.5 Å². The van der Waals surface area contributed by atoms with Gasteiger partial charge in [-0.05, 0) is 17.7 Å². The molecule has 6 heteroatoms. The van der Waals surface area contributed by atoms with E-state index in [-0.39, 0.29) is 4.91 Å². The van der Waals surface area contributed by atoms with Crippen LogP contribution in [0.2, 0.25) is 0 Å². The van der Waals surface area contributed by atoms with Gasteiger partial charge in [-0.2, -0.15) is 0 Å². The maximum absolute atomic E-state index is 14.8. The number of hydrogen-bond donors (Lipinski definition) is 1. The zero-order valence-corrected chi connectivity index (χ0v) is 11.5. The lowest BCUT2D eigenvalue weighted by Crippen LogP contribution is -2.39. The Kier molecular flexibility index (Phi) is 3.52. The molecule has 1 aromatic rings. The fourth-order valence-corrected chi connectivity index (χ4v) is 2.83. The van der Waals surface area contributed by atoms with Crippen LogP contribution in [0.4, 0.5) is 4.39 Å². The Labute approximate surface area is 116 Å². The average Bonchev–Trinajstić information content (AvgIpc) is 2.38. The third-order valence-corrected chi connectivity index (χ3v) is 4.28. The lowest BCUT2D eigenvalue weighted by molar-refractivity contribution is -0.148. The first-order valence-corrected chi connectivity index (χ1v) is 7.72. The van der Waals surface area contributed by atoms with Crippen molar-refractivity contribution in [2.24, 2.45) is 0 Å². The quantitative estimate of drug-likeness (QED) is 0.926. The number of sulfone groups is 1. The molecule has 2 rings (SSSR count). The number of hydrogen-bond acceptors (Lipinski definition) is 3. The molecule has 0 aliphatic heterocycles. The van der Waals surface area contributed by atoms with Crippen LogP contribution in [0.25, 0.3) is 0 Å². The van der Waals surface area contributed by atoms with Crippen LogP contribution in [0.5, 0.6) is 0 Å². The molecular weight excluding hydrogens is 283 g/mol. The molecule has 0 saturated carbocycles. The standard InChI is InChI=1S/C14H13FO4S/c1-20(18,19)11-7-8-12(10-5-3-2-4-6-10)14(15,9-11)13(16)17/h2-9,12H,1H3,(H,16,17). The minimum atomic E-state index is -3.67. The highest BCUT2D eigenvalue weighted by molar-refractivity contribution is 7.94. The number of halogens is 1. The van der Waals surface area contributed by atoms with Gasteiger partial charge in [0, 0.05) is 6.26 Å². The summed E-state index contributed by atoms with van der Waals surface area (Å²) in [7, 11) is -3.67. The van der Waals surface area contributed by atoms with Gasteiger partial charge in [0.25, 0.3) is 0 Å². The fourth-order valence-electron chi connectivity index (χ4n) is 2.12. The first-order chi connectivity index (χ1) is 9.25. The molecule has 0 spiro atoms. The number of aliphatic carboxylic acids is 1. The van der Waals surface area contributed by atoms with E-state index >= 15 is 0 Å². The molecule has 106 valence electrons. The van der Waals surface area contributed by atoms with E-state index in [0.717, 1.165) is 6.26 Å². The summed E-state index contributed by atoms with van der Waals surface area (Å²) in [6, 6.07) is 8.27. The van der Waals surface area contributed by atoms with E-state index in [2.05, 4.69) is 0 Å². The topological polar surface area (TPSA) is 71.4 Å². The lowest BCUT2D eigenvalue weighted by Gasteiger charge is -2.29. The number of benzene rings is 1. The molecule has 0 saturated heterocycles. The predicted octanol–water partition coefficient (Wildman–Crippen LogP) is 2.06. The zero-order chi connectivity index (χ0) is 15.0. The van der Waals surface area contributed by atoms with Crippen LogP contribution in [0.3, 0.4) is 0 Å². The second kappa shape index (κ2) is 4.86. The largest absolute Gasteiger partial charge is 0.479 e. The van der Waals surface area contributed by atoms with Crippen molar-refractivity contribution < 1.29 is 22.7 Å². The van der Waals surface area contributed by atoms with Crippen molar-refractivity contribution in [2.75, 3.05) is 6.26 Å². The molecule has 0 amide bonds. The van der Waals surface area contributed by atoms with Crippen LogP contribution in [-0.4, -0.2) is 31.4 Å². The summed E-state index contributed by atoms with van der Waals surface area (Å²) in [5.41, 5.74) is -2.31. The van der Waals surface area contributed by atoms with Gasteiger partial charge >= 0.3 is 5.97 Å². The molecule has 0 heterocycles. The molecule has 2 atom stereocenters. The third-order valence-electron chi connectivity index (χ3n) is 3.17. The van der Waals surface area contributed by atoms with Gasteiger partial charge in [0.2, 0.25) is 5.67 Å². The Morgan fingerprint density at radius 2 is 1.90 bits per heavy atom. The molecule has 0 aromatic heterocycles. The molecule has 2 unspecified atom stereocenters. The first kappa shape index (κ1) is 14.5. The van der Waals surface area contributed by atoms with Crippen molar-refractivity contribution in [1.82, 2.24) is 0 Å². The van der Waals surface area contributed by atoms with Crippen LogP contribution in [0, 0.1) is 0 Å². The van der Waals surface area contributed by atoms with Gasteiger partial charge in [-0.15, -0.1) is 0 Å². The molecule has 1 aliphatic carbocycles. The summed E-state index contributed by atoms with van der Waals surface area (Å²) in [6.45, 7) is 0. The average molecular weight is 296 g/mol. The fraction of sp³-hybridized carbons (Fsp3) is 0.214. The van der Waals surface area contributed by atoms with Gasteiger partial charge in [-0.25, -0.2) is 17.6 Å². The number of carboxylic acid groups (broad SMARTS) is 1. The predicted molar refractivity (Wildman–Crippen MR) is 72.7 cm³/mol. The van der Waals surface area contributed by atoms with Gasteiger partial charge < -0.3 is 5.11 Å². The summed E-state index contributed by atoms with van der Waals surface area (Å²) >= 11 is 0. The smallest absolute Gasteiger partial charge is 0.346 e. The van der Waals surface area contributed by atoms with E-state index < -0.39 is 27.4 Å². The first-order valence-electron chi connectivity index (χ1n) is 5.83. The molecule has 1 N–H and O–H groups in total. The molecule has 20 heavy (non-hydrogen) atoms. The Bertz CT molecular complexity index is 691. The summed E-state index contributed by atoms with van der Waals surface area (Å²) in [5.74, 6) is -2.77. The van der Waals surface area contributed by atoms with Crippen molar-refractivity contribution in [1.29, 1.82) is 0 Å².